The molecule has 6 rings (SSSR count). The van der Waals surface area contributed by atoms with E-state index < -0.39 is 36.1 Å². The van der Waals surface area contributed by atoms with E-state index in [2.05, 4.69) is 40.0 Å². The molecule has 1 saturated heterocycles. The minimum Gasteiger partial charge on any atom is -0.456 e. The Morgan fingerprint density at radius 1 is 1.02 bits per heavy atom. The molecular formula is C35H35IN2O7. The Labute approximate surface area is 275 Å². The molecule has 1 spiro atoms. The van der Waals surface area contributed by atoms with Gasteiger partial charge in [0.05, 0.1) is 12.2 Å². The van der Waals surface area contributed by atoms with Crippen molar-refractivity contribution in [3.8, 4) is 0 Å². The average molecular weight is 723 g/mol. The van der Waals surface area contributed by atoms with Crippen molar-refractivity contribution in [1.29, 1.82) is 0 Å². The fourth-order valence-electron chi connectivity index (χ4n) is 6.38. The van der Waals surface area contributed by atoms with Gasteiger partial charge in [0.2, 0.25) is 11.8 Å². The highest BCUT2D eigenvalue weighted by Gasteiger charge is 2.55. The first-order valence-electron chi connectivity index (χ1n) is 15.0. The summed E-state index contributed by atoms with van der Waals surface area (Å²) in [5.41, 5.74) is 3.95. The van der Waals surface area contributed by atoms with Crippen molar-refractivity contribution in [3.63, 3.8) is 0 Å². The van der Waals surface area contributed by atoms with Gasteiger partial charge in [-0.1, -0.05) is 60.7 Å². The Kier molecular flexibility index (Phi) is 9.36. The summed E-state index contributed by atoms with van der Waals surface area (Å²) in [6.45, 7) is -0.142. The minimum absolute atomic E-state index is 0.0741. The predicted molar refractivity (Wildman–Crippen MR) is 174 cm³/mol. The van der Waals surface area contributed by atoms with Crippen LogP contribution in [-0.4, -0.2) is 78.1 Å². The summed E-state index contributed by atoms with van der Waals surface area (Å²) in [4.78, 5) is 42.1. The molecule has 2 aliphatic carbocycles. The number of halogens is 1. The number of benzene rings is 3. The maximum absolute atomic E-state index is 14.1. The number of nitrogens with zero attached hydrogens (tertiary/aromatic N) is 1. The zero-order chi connectivity index (χ0) is 31.6. The molecule has 45 heavy (non-hydrogen) atoms. The fourth-order valence-corrected chi connectivity index (χ4v) is 6.92. The zero-order valence-electron chi connectivity index (χ0n) is 24.9. The molecule has 2 amide bonds. The Morgan fingerprint density at radius 3 is 2.42 bits per heavy atom. The molecule has 0 aromatic heterocycles. The highest BCUT2D eigenvalue weighted by molar-refractivity contribution is 14.1. The van der Waals surface area contributed by atoms with Crippen molar-refractivity contribution in [2.45, 2.75) is 55.8 Å². The van der Waals surface area contributed by atoms with Gasteiger partial charge in [0, 0.05) is 48.4 Å². The van der Waals surface area contributed by atoms with Gasteiger partial charge in [-0.05, 0) is 63.6 Å². The largest absolute Gasteiger partial charge is 0.456 e. The Bertz CT molecular complexity index is 1590. The number of fused-ring (bicyclic) bond motifs is 2. The smallest absolute Gasteiger partial charge is 0.338 e. The van der Waals surface area contributed by atoms with Crippen molar-refractivity contribution in [2.75, 3.05) is 20.2 Å². The van der Waals surface area contributed by atoms with E-state index in [-0.39, 0.29) is 37.8 Å². The van der Waals surface area contributed by atoms with Gasteiger partial charge in [0.1, 0.15) is 24.4 Å². The molecule has 0 bridgehead atoms. The quantitative estimate of drug-likeness (QED) is 0.257. The summed E-state index contributed by atoms with van der Waals surface area (Å²) >= 11 is 2.14. The van der Waals surface area contributed by atoms with Gasteiger partial charge in [0.15, 0.2) is 5.79 Å². The predicted octanol–water partition coefficient (Wildman–Crippen LogP) is 3.60. The number of amides is 2. The molecule has 0 saturated carbocycles. The number of hydrogen-bond acceptors (Lipinski definition) is 7. The van der Waals surface area contributed by atoms with E-state index in [1.54, 1.807) is 31.3 Å². The van der Waals surface area contributed by atoms with Crippen LogP contribution in [0.5, 0.6) is 0 Å². The maximum atomic E-state index is 14.1. The average Bonchev–Trinajstić information content (AvgIpc) is 3.60. The second-order valence-electron chi connectivity index (χ2n) is 11.7. The van der Waals surface area contributed by atoms with Crippen molar-refractivity contribution in [2.24, 2.45) is 0 Å². The Balaban J connectivity index is 1.28. The third-order valence-corrected chi connectivity index (χ3v) is 9.25. The van der Waals surface area contributed by atoms with Gasteiger partial charge in [0.25, 0.3) is 0 Å². The van der Waals surface area contributed by atoms with Gasteiger partial charge >= 0.3 is 5.97 Å². The topological polar surface area (TPSA) is 114 Å². The number of aliphatic hydroxyl groups excluding tert-OH is 1. The van der Waals surface area contributed by atoms with E-state index in [9.17, 15) is 19.5 Å². The summed E-state index contributed by atoms with van der Waals surface area (Å²) in [6.07, 6.45) is 1.21. The fraction of sp³-hybridized carbons (Fsp3) is 0.343. The van der Waals surface area contributed by atoms with Crippen LogP contribution in [0.1, 0.15) is 33.5 Å². The van der Waals surface area contributed by atoms with Crippen LogP contribution in [-0.2, 0) is 43.1 Å². The van der Waals surface area contributed by atoms with Crippen LogP contribution in [0.15, 0.2) is 90.5 Å². The monoisotopic (exact) mass is 722 g/mol. The lowest BCUT2D eigenvalue weighted by Gasteiger charge is -2.33. The molecule has 1 aliphatic heterocycles. The lowest BCUT2D eigenvalue weighted by molar-refractivity contribution is -0.172. The van der Waals surface area contributed by atoms with Crippen molar-refractivity contribution < 1.29 is 33.7 Å². The van der Waals surface area contributed by atoms with Crippen LogP contribution in [0.25, 0.3) is 0 Å². The number of rotatable bonds is 9. The molecule has 9 nitrogen and oxygen atoms in total. The number of hydrogen-bond donors (Lipinski definition) is 2. The van der Waals surface area contributed by atoms with Crippen LogP contribution in [0.2, 0.25) is 0 Å². The van der Waals surface area contributed by atoms with E-state index in [0.29, 0.717) is 24.0 Å². The standard InChI is InChI=1S/C35H35IN2O7/c1-38(28(32(40)37-14-15-39)16-22-8-3-2-4-9-22)33(41)26-18-29(43-34(42)23-12-7-13-27(36)17-23)31-30(19-26)44-35(45-31)20-24-10-5-6-11-25(24)21-35/h2-13,17,19,28-31,39H,14-16,18,20-21H2,1H3,(H,37,40). The molecule has 2 N–H and O–H groups in total. The lowest BCUT2D eigenvalue weighted by Crippen LogP contribution is -2.51. The van der Waals surface area contributed by atoms with Crippen LogP contribution in [0.4, 0.5) is 0 Å². The molecule has 1 fully saturated rings. The van der Waals surface area contributed by atoms with Gasteiger partial charge in [-0.2, -0.15) is 0 Å². The molecule has 0 radical (unpaired) electrons. The second-order valence-corrected chi connectivity index (χ2v) is 12.9. The molecule has 234 valence electrons. The number of ether oxygens (including phenoxy) is 3. The second kappa shape index (κ2) is 13.4. The summed E-state index contributed by atoms with van der Waals surface area (Å²) in [6, 6.07) is 23.8. The molecule has 4 atom stereocenters. The van der Waals surface area contributed by atoms with Crippen LogP contribution < -0.4 is 5.32 Å². The molecule has 3 aromatic rings. The molecule has 1 heterocycles. The number of nitrogens with one attached hydrogen (secondary N) is 1. The number of likely N-dealkylation sites (N-methyl/N-ethyl adjacent to an activating group) is 1. The van der Waals surface area contributed by atoms with Crippen molar-refractivity contribution in [1.82, 2.24) is 10.2 Å². The highest BCUT2D eigenvalue weighted by atomic mass is 127. The SMILES string of the molecule is CN(C(=O)C1=CC2OC3(Cc4ccccc4C3)OC2C(OC(=O)c2cccc(I)c2)C1)C(Cc1ccccc1)C(=O)NCCO. The van der Waals surface area contributed by atoms with E-state index in [1.807, 2.05) is 48.5 Å². The van der Waals surface area contributed by atoms with Crippen molar-refractivity contribution in [3.05, 3.63) is 116 Å². The van der Waals surface area contributed by atoms with Crippen LogP contribution in [0.3, 0.4) is 0 Å². The van der Waals surface area contributed by atoms with E-state index >= 15 is 0 Å². The molecule has 10 heteroatoms. The summed E-state index contributed by atoms with van der Waals surface area (Å²) in [5, 5.41) is 12.0. The summed E-state index contributed by atoms with van der Waals surface area (Å²) in [5.74, 6) is -2.18. The van der Waals surface area contributed by atoms with Crippen LogP contribution >= 0.6 is 22.6 Å². The number of carbonyl (C=O) groups is 3. The first kappa shape index (κ1) is 31.4. The lowest BCUT2D eigenvalue weighted by atomic mass is 9.90. The maximum Gasteiger partial charge on any atom is 0.338 e. The van der Waals surface area contributed by atoms with Crippen molar-refractivity contribution >= 4 is 40.4 Å². The van der Waals surface area contributed by atoms with E-state index in [0.717, 1.165) is 20.3 Å². The highest BCUT2D eigenvalue weighted by Crippen LogP contribution is 2.45. The van der Waals surface area contributed by atoms with Gasteiger partial charge in [-0.15, -0.1) is 0 Å². The normalized spacial score (nSPS) is 21.8. The van der Waals surface area contributed by atoms with Gasteiger partial charge in [-0.25, -0.2) is 4.79 Å². The zero-order valence-corrected chi connectivity index (χ0v) is 27.0. The minimum atomic E-state index is -0.924. The third kappa shape index (κ3) is 6.84. The first-order valence-corrected chi connectivity index (χ1v) is 16.1. The van der Waals surface area contributed by atoms with E-state index in [4.69, 9.17) is 14.2 Å². The third-order valence-electron chi connectivity index (χ3n) is 8.58. The Morgan fingerprint density at radius 2 is 1.73 bits per heavy atom. The molecule has 3 aliphatic rings. The van der Waals surface area contributed by atoms with Gasteiger partial charge in [-0.3, -0.25) is 9.59 Å². The molecular weight excluding hydrogens is 687 g/mol. The Hall–Kier alpha value is -3.58. The summed E-state index contributed by atoms with van der Waals surface area (Å²) in [7, 11) is 1.59. The molecule has 4 unspecified atom stereocenters. The summed E-state index contributed by atoms with van der Waals surface area (Å²) < 4.78 is 20.2. The number of carbonyl (C=O) groups excluding carboxylic acids is 3. The number of esters is 1. The first-order chi connectivity index (χ1) is 21.7. The van der Waals surface area contributed by atoms with E-state index in [1.165, 1.54) is 4.90 Å². The molecule has 3 aromatic carbocycles. The van der Waals surface area contributed by atoms with Crippen LogP contribution in [0, 0.1) is 3.57 Å². The number of aliphatic hydroxyl groups is 1. The van der Waals surface area contributed by atoms with Gasteiger partial charge < -0.3 is 29.5 Å².